The van der Waals surface area contributed by atoms with Gasteiger partial charge in [0.15, 0.2) is 0 Å². The minimum absolute atomic E-state index is 0.150. The van der Waals surface area contributed by atoms with Gasteiger partial charge >= 0.3 is 0 Å². The minimum atomic E-state index is -0.408. The van der Waals surface area contributed by atoms with Gasteiger partial charge in [0.05, 0.1) is 17.9 Å². The highest BCUT2D eigenvalue weighted by Gasteiger charge is 2.26. The normalized spacial score (nSPS) is 23.6. The van der Waals surface area contributed by atoms with Crippen molar-refractivity contribution in [1.29, 1.82) is 0 Å². The predicted octanol–water partition coefficient (Wildman–Crippen LogP) is 2.61. The van der Waals surface area contributed by atoms with Crippen molar-refractivity contribution in [2.45, 2.75) is 45.2 Å². The number of amides is 1. The molecule has 0 bridgehead atoms. The number of carbonyl (C=O) groups is 1. The molecule has 20 heavy (non-hydrogen) atoms. The Hall–Kier alpha value is -1.62. The molecule has 0 aromatic heterocycles. The van der Waals surface area contributed by atoms with Crippen LogP contribution in [-0.2, 0) is 4.79 Å². The van der Waals surface area contributed by atoms with E-state index in [-0.39, 0.29) is 5.91 Å². The maximum absolute atomic E-state index is 13.2. The van der Waals surface area contributed by atoms with Crippen LogP contribution < -0.4 is 11.1 Å². The van der Waals surface area contributed by atoms with Crippen molar-refractivity contribution in [3.8, 4) is 0 Å². The minimum Gasteiger partial charge on any atom is -0.397 e. The Morgan fingerprint density at radius 1 is 1.40 bits per heavy atom. The third-order valence-electron chi connectivity index (χ3n) is 3.99. The van der Waals surface area contributed by atoms with E-state index in [4.69, 9.17) is 5.73 Å². The van der Waals surface area contributed by atoms with Gasteiger partial charge in [0.1, 0.15) is 5.82 Å². The number of hydrogen-bond acceptors (Lipinski definition) is 3. The second-order valence-electron chi connectivity index (χ2n) is 5.58. The summed E-state index contributed by atoms with van der Waals surface area (Å²) in [6.07, 6.45) is 3.43. The molecule has 0 spiro atoms. The topological polar surface area (TPSA) is 58.4 Å². The Morgan fingerprint density at radius 2 is 2.05 bits per heavy atom. The molecular weight excluding hydrogens is 257 g/mol. The van der Waals surface area contributed by atoms with Gasteiger partial charge in [-0.05, 0) is 44.9 Å². The maximum Gasteiger partial charge on any atom is 0.238 e. The summed E-state index contributed by atoms with van der Waals surface area (Å²) in [5.74, 6) is -0.558. The van der Waals surface area contributed by atoms with Gasteiger partial charge in [0.25, 0.3) is 0 Å². The third-order valence-corrected chi connectivity index (χ3v) is 3.99. The zero-order chi connectivity index (χ0) is 14.7. The zero-order valence-corrected chi connectivity index (χ0v) is 12.0. The molecule has 1 aromatic rings. The SMILES string of the molecule is CC1CCCC(C)N1CC(=O)Nc1cc(F)ccc1N. The van der Waals surface area contributed by atoms with E-state index < -0.39 is 5.82 Å². The van der Waals surface area contributed by atoms with Crippen LogP contribution in [0.1, 0.15) is 33.1 Å². The van der Waals surface area contributed by atoms with Gasteiger partial charge < -0.3 is 11.1 Å². The van der Waals surface area contributed by atoms with E-state index in [2.05, 4.69) is 24.1 Å². The summed E-state index contributed by atoms with van der Waals surface area (Å²) in [5, 5.41) is 2.69. The van der Waals surface area contributed by atoms with Gasteiger partial charge in [0.2, 0.25) is 5.91 Å². The van der Waals surface area contributed by atoms with Crippen LogP contribution in [0.5, 0.6) is 0 Å². The molecule has 0 saturated carbocycles. The summed E-state index contributed by atoms with van der Waals surface area (Å²) in [6.45, 7) is 4.59. The van der Waals surface area contributed by atoms with Gasteiger partial charge in [-0.1, -0.05) is 6.42 Å². The van der Waals surface area contributed by atoms with Gasteiger partial charge in [-0.2, -0.15) is 0 Å². The van der Waals surface area contributed by atoms with Crippen molar-refractivity contribution in [1.82, 2.24) is 4.90 Å². The summed E-state index contributed by atoms with van der Waals surface area (Å²) in [6, 6.07) is 4.77. The number of nitrogens with two attached hydrogens (primary N) is 1. The first-order valence-electron chi connectivity index (χ1n) is 7.08. The highest BCUT2D eigenvalue weighted by Crippen LogP contribution is 2.23. The Bertz CT molecular complexity index is 482. The molecule has 1 aliphatic rings. The lowest BCUT2D eigenvalue weighted by Gasteiger charge is -2.38. The summed E-state index contributed by atoms with van der Waals surface area (Å²) in [4.78, 5) is 14.3. The Kier molecular flexibility index (Phi) is 4.60. The van der Waals surface area contributed by atoms with Crippen LogP contribution in [0, 0.1) is 5.82 Å². The van der Waals surface area contributed by atoms with Gasteiger partial charge in [0, 0.05) is 12.1 Å². The molecule has 1 amide bonds. The first kappa shape index (κ1) is 14.8. The molecule has 5 heteroatoms. The van der Waals surface area contributed by atoms with Gasteiger partial charge in [-0.25, -0.2) is 4.39 Å². The molecule has 0 radical (unpaired) electrons. The van der Waals surface area contributed by atoms with E-state index in [0.29, 0.717) is 30.0 Å². The van der Waals surface area contributed by atoms with Crippen molar-refractivity contribution >= 4 is 17.3 Å². The first-order chi connectivity index (χ1) is 9.47. The molecule has 2 atom stereocenters. The quantitative estimate of drug-likeness (QED) is 0.836. The molecule has 2 rings (SSSR count). The summed E-state index contributed by atoms with van der Waals surface area (Å²) in [5.41, 5.74) is 6.45. The fourth-order valence-electron chi connectivity index (χ4n) is 2.78. The van der Waals surface area contributed by atoms with E-state index >= 15 is 0 Å². The second-order valence-corrected chi connectivity index (χ2v) is 5.58. The van der Waals surface area contributed by atoms with Crippen molar-refractivity contribution in [2.75, 3.05) is 17.6 Å². The molecule has 1 aromatic carbocycles. The fourth-order valence-corrected chi connectivity index (χ4v) is 2.78. The molecule has 0 aliphatic carbocycles. The first-order valence-corrected chi connectivity index (χ1v) is 7.08. The lowest BCUT2D eigenvalue weighted by Crippen LogP contribution is -2.47. The number of halogens is 1. The predicted molar refractivity (Wildman–Crippen MR) is 78.9 cm³/mol. The summed E-state index contributed by atoms with van der Waals surface area (Å²) >= 11 is 0. The highest BCUT2D eigenvalue weighted by atomic mass is 19.1. The second kappa shape index (κ2) is 6.22. The van der Waals surface area contributed by atoms with Crippen molar-refractivity contribution in [3.05, 3.63) is 24.0 Å². The van der Waals surface area contributed by atoms with Crippen molar-refractivity contribution in [2.24, 2.45) is 0 Å². The number of hydrogen-bond donors (Lipinski definition) is 2. The van der Waals surface area contributed by atoms with Crippen LogP contribution in [0.15, 0.2) is 18.2 Å². The molecule has 3 N–H and O–H groups in total. The van der Waals surface area contributed by atoms with Crippen LogP contribution in [0.25, 0.3) is 0 Å². The number of benzene rings is 1. The zero-order valence-electron chi connectivity index (χ0n) is 12.0. The summed E-state index contributed by atoms with van der Waals surface area (Å²) in [7, 11) is 0. The van der Waals surface area contributed by atoms with Crippen LogP contribution >= 0.6 is 0 Å². The van der Waals surface area contributed by atoms with Crippen molar-refractivity contribution < 1.29 is 9.18 Å². The Labute approximate surface area is 119 Å². The molecule has 110 valence electrons. The lowest BCUT2D eigenvalue weighted by atomic mass is 9.97. The van der Waals surface area contributed by atoms with E-state index in [9.17, 15) is 9.18 Å². The number of likely N-dealkylation sites (tertiary alicyclic amines) is 1. The van der Waals surface area contributed by atoms with Crippen LogP contribution in [-0.4, -0.2) is 29.4 Å². The fraction of sp³-hybridized carbons (Fsp3) is 0.533. The van der Waals surface area contributed by atoms with Crippen molar-refractivity contribution in [3.63, 3.8) is 0 Å². The van der Waals surface area contributed by atoms with Crippen LogP contribution in [0.4, 0.5) is 15.8 Å². The molecular formula is C15H22FN3O. The van der Waals surface area contributed by atoms with Crippen LogP contribution in [0.3, 0.4) is 0 Å². The lowest BCUT2D eigenvalue weighted by molar-refractivity contribution is -0.118. The molecule has 4 nitrogen and oxygen atoms in total. The largest absolute Gasteiger partial charge is 0.397 e. The number of rotatable bonds is 3. The standard InChI is InChI=1S/C15H22FN3O/c1-10-4-3-5-11(2)19(10)9-15(20)18-14-8-12(16)6-7-13(14)17/h6-8,10-11H,3-5,9,17H2,1-2H3,(H,18,20). The number of nitrogen functional groups attached to an aromatic ring is 1. The van der Waals surface area contributed by atoms with Gasteiger partial charge in [-0.15, -0.1) is 0 Å². The molecule has 1 saturated heterocycles. The third kappa shape index (κ3) is 3.48. The van der Waals surface area contributed by atoms with E-state index in [1.54, 1.807) is 0 Å². The van der Waals surface area contributed by atoms with Crippen LogP contribution in [0.2, 0.25) is 0 Å². The van der Waals surface area contributed by atoms with Gasteiger partial charge in [-0.3, -0.25) is 9.69 Å². The number of nitrogens with zero attached hydrogens (tertiary/aromatic N) is 1. The number of nitrogens with one attached hydrogen (secondary N) is 1. The maximum atomic E-state index is 13.2. The Morgan fingerprint density at radius 3 is 2.70 bits per heavy atom. The highest BCUT2D eigenvalue weighted by molar-refractivity contribution is 5.95. The van der Waals surface area contributed by atoms with E-state index in [1.165, 1.54) is 24.6 Å². The van der Waals surface area contributed by atoms with E-state index in [1.807, 2.05) is 0 Å². The average Bonchev–Trinajstić information content (AvgIpc) is 2.38. The summed E-state index contributed by atoms with van der Waals surface area (Å²) < 4.78 is 13.2. The Balaban J connectivity index is 1.99. The average molecular weight is 279 g/mol. The smallest absolute Gasteiger partial charge is 0.238 e. The molecule has 1 fully saturated rings. The monoisotopic (exact) mass is 279 g/mol. The number of anilines is 2. The molecule has 2 unspecified atom stereocenters. The number of piperidine rings is 1. The molecule has 1 aliphatic heterocycles. The molecule has 1 heterocycles. The number of carbonyl (C=O) groups excluding carboxylic acids is 1. The van der Waals surface area contributed by atoms with E-state index in [0.717, 1.165) is 12.8 Å².